The van der Waals surface area contributed by atoms with E-state index in [1.165, 1.54) is 14.0 Å². The van der Waals surface area contributed by atoms with E-state index in [-0.39, 0.29) is 6.61 Å². The number of esters is 1. The minimum absolute atomic E-state index is 0.208. The van der Waals surface area contributed by atoms with Gasteiger partial charge in [0, 0.05) is 20.6 Å². The predicted octanol–water partition coefficient (Wildman–Crippen LogP) is -4.17. The first-order valence-electron chi connectivity index (χ1n) is 14.4. The summed E-state index contributed by atoms with van der Waals surface area (Å²) in [6.07, 6.45) is -18.9. The van der Waals surface area contributed by atoms with Crippen LogP contribution in [0, 0.1) is 0 Å². The molecule has 0 saturated carbocycles. The Bertz CT molecular complexity index is 839. The van der Waals surface area contributed by atoms with E-state index in [0.29, 0.717) is 13.0 Å². The molecule has 3 fully saturated rings. The lowest BCUT2D eigenvalue weighted by Gasteiger charge is -2.49. The molecule has 3 rings (SSSR count). The fraction of sp³-hybridized carbons (Fsp3) is 0.962. The van der Waals surface area contributed by atoms with E-state index in [1.54, 1.807) is 0 Å². The Morgan fingerprint density at radius 1 is 0.721 bits per heavy atom. The average molecular weight is 630 g/mol. The van der Waals surface area contributed by atoms with Crippen molar-refractivity contribution in [1.82, 2.24) is 0 Å². The smallest absolute Gasteiger partial charge is 0.303 e. The van der Waals surface area contributed by atoms with Crippen LogP contribution < -0.4 is 5.73 Å². The van der Waals surface area contributed by atoms with Gasteiger partial charge in [-0.1, -0.05) is 0 Å². The molecule has 3 saturated heterocycles. The minimum Gasteiger partial charge on any atom is -0.457 e. The van der Waals surface area contributed by atoms with Crippen molar-refractivity contribution in [2.24, 2.45) is 5.73 Å². The van der Waals surface area contributed by atoms with Crippen LogP contribution in [0.3, 0.4) is 0 Å². The quantitative estimate of drug-likeness (QED) is 0.0669. The molecule has 43 heavy (non-hydrogen) atoms. The van der Waals surface area contributed by atoms with Gasteiger partial charge in [-0.15, -0.1) is 0 Å². The highest BCUT2D eigenvalue weighted by molar-refractivity contribution is 5.66. The summed E-state index contributed by atoms with van der Waals surface area (Å²) in [5.41, 5.74) is 5.51. The number of rotatable bonds is 14. The molecule has 0 bridgehead atoms. The number of hydrogen-bond acceptors (Lipinski definition) is 17. The molecule has 0 aromatic heterocycles. The maximum Gasteiger partial charge on any atom is 0.303 e. The lowest BCUT2D eigenvalue weighted by atomic mass is 9.96. The van der Waals surface area contributed by atoms with Gasteiger partial charge in [0.25, 0.3) is 0 Å². The number of hydrogen-bond donors (Lipinski definition) is 8. The Balaban J connectivity index is 1.83. The standard InChI is InChI=1S/C26H47NO16/c1-11-20(39-12(2)30)22(43-25-18(34)17(33)15(31)13(9-28)41-25)23(36-3)26(38-11)42-21-16(32)14(10-29)40-24(19(21)35)37-8-6-4-5-7-27/h11,13-26,28-29,31-35H,4-10,27H2,1-3H3/t11-,13+,14+,15+,16+,17-,18+,19+,20+,21-,22+,23+,24+,25-,26-/m0/s1. The Morgan fingerprint density at radius 2 is 1.35 bits per heavy atom. The van der Waals surface area contributed by atoms with Gasteiger partial charge in [0.2, 0.25) is 0 Å². The Labute approximate surface area is 249 Å². The molecule has 0 unspecified atom stereocenters. The summed E-state index contributed by atoms with van der Waals surface area (Å²) in [4.78, 5) is 12.0. The van der Waals surface area contributed by atoms with Crippen LogP contribution >= 0.6 is 0 Å². The molecule has 3 aliphatic heterocycles. The fourth-order valence-corrected chi connectivity index (χ4v) is 5.30. The zero-order valence-electron chi connectivity index (χ0n) is 24.5. The number of nitrogens with two attached hydrogens (primary N) is 1. The zero-order chi connectivity index (χ0) is 31.8. The maximum atomic E-state index is 12.0. The van der Waals surface area contributed by atoms with Crippen molar-refractivity contribution in [3.05, 3.63) is 0 Å². The molecule has 9 N–H and O–H groups in total. The van der Waals surface area contributed by atoms with Crippen LogP contribution in [0.2, 0.25) is 0 Å². The normalized spacial score (nSPS) is 43.8. The maximum absolute atomic E-state index is 12.0. The van der Waals surface area contributed by atoms with E-state index in [4.69, 9.17) is 43.6 Å². The van der Waals surface area contributed by atoms with Crippen molar-refractivity contribution >= 4 is 5.97 Å². The molecule has 3 aliphatic rings. The molecule has 3 heterocycles. The number of unbranched alkanes of at least 4 members (excludes halogenated alkanes) is 2. The monoisotopic (exact) mass is 629 g/mol. The first kappa shape index (κ1) is 36.3. The molecule has 0 aromatic carbocycles. The highest BCUT2D eigenvalue weighted by atomic mass is 16.8. The lowest BCUT2D eigenvalue weighted by Crippen LogP contribution is -2.67. The third-order valence-electron chi connectivity index (χ3n) is 7.68. The van der Waals surface area contributed by atoms with Crippen LogP contribution in [0.4, 0.5) is 0 Å². The topological polar surface area (TPSA) is 259 Å². The van der Waals surface area contributed by atoms with E-state index in [2.05, 4.69) is 0 Å². The van der Waals surface area contributed by atoms with Gasteiger partial charge >= 0.3 is 5.97 Å². The molecule has 0 amide bonds. The molecule has 0 aromatic rings. The van der Waals surface area contributed by atoms with E-state index < -0.39 is 111 Å². The van der Waals surface area contributed by atoms with Crippen LogP contribution in [0.15, 0.2) is 0 Å². The van der Waals surface area contributed by atoms with Crippen LogP contribution in [0.1, 0.15) is 33.1 Å². The van der Waals surface area contributed by atoms with Gasteiger partial charge in [0.15, 0.2) is 25.0 Å². The summed E-state index contributed by atoms with van der Waals surface area (Å²) in [5, 5.41) is 72.3. The number of carbonyl (C=O) groups is 1. The van der Waals surface area contributed by atoms with Gasteiger partial charge < -0.3 is 79.4 Å². The first-order valence-corrected chi connectivity index (χ1v) is 14.4. The molecule has 0 aliphatic carbocycles. The lowest BCUT2D eigenvalue weighted by molar-refractivity contribution is -0.380. The minimum atomic E-state index is -1.78. The first-order chi connectivity index (χ1) is 20.5. The van der Waals surface area contributed by atoms with Gasteiger partial charge in [-0.25, -0.2) is 0 Å². The van der Waals surface area contributed by atoms with Crippen molar-refractivity contribution in [2.45, 2.75) is 125 Å². The number of aliphatic hydroxyl groups excluding tert-OH is 7. The second-order valence-corrected chi connectivity index (χ2v) is 10.8. The van der Waals surface area contributed by atoms with E-state index in [1.807, 2.05) is 0 Å². The van der Waals surface area contributed by atoms with Gasteiger partial charge in [-0.05, 0) is 32.7 Å². The van der Waals surface area contributed by atoms with Crippen molar-refractivity contribution in [2.75, 3.05) is 33.5 Å². The van der Waals surface area contributed by atoms with Crippen LogP contribution in [0.25, 0.3) is 0 Å². The van der Waals surface area contributed by atoms with Crippen molar-refractivity contribution in [1.29, 1.82) is 0 Å². The van der Waals surface area contributed by atoms with Crippen molar-refractivity contribution in [3.8, 4) is 0 Å². The van der Waals surface area contributed by atoms with E-state index in [9.17, 15) is 40.5 Å². The third kappa shape index (κ3) is 8.78. The zero-order valence-corrected chi connectivity index (χ0v) is 24.5. The summed E-state index contributed by atoms with van der Waals surface area (Å²) in [6, 6.07) is 0. The molecule has 0 spiro atoms. The Morgan fingerprint density at radius 3 is 1.95 bits per heavy atom. The third-order valence-corrected chi connectivity index (χ3v) is 7.68. The fourth-order valence-electron chi connectivity index (χ4n) is 5.30. The van der Waals surface area contributed by atoms with Crippen molar-refractivity contribution in [3.63, 3.8) is 0 Å². The number of aliphatic hydroxyl groups is 7. The molecule has 252 valence electrons. The predicted molar refractivity (Wildman–Crippen MR) is 141 cm³/mol. The highest BCUT2D eigenvalue weighted by Crippen LogP contribution is 2.35. The summed E-state index contributed by atoms with van der Waals surface area (Å²) in [7, 11) is 1.26. The molecular formula is C26H47NO16. The summed E-state index contributed by atoms with van der Waals surface area (Å²) in [6.45, 7) is 2.09. The average Bonchev–Trinajstić information content (AvgIpc) is 2.98. The van der Waals surface area contributed by atoms with Crippen LogP contribution in [-0.2, 0) is 42.7 Å². The molecule has 17 nitrogen and oxygen atoms in total. The Kier molecular flexibility index (Phi) is 14.3. The van der Waals surface area contributed by atoms with E-state index >= 15 is 0 Å². The largest absolute Gasteiger partial charge is 0.457 e. The molecular weight excluding hydrogens is 582 g/mol. The summed E-state index contributed by atoms with van der Waals surface area (Å²) < 4.78 is 45.7. The number of methoxy groups -OCH3 is 1. The number of carbonyl (C=O) groups excluding carboxylic acids is 1. The number of ether oxygens (including phenoxy) is 8. The second-order valence-electron chi connectivity index (χ2n) is 10.8. The molecule has 15 atom stereocenters. The van der Waals surface area contributed by atoms with Gasteiger partial charge in [-0.3, -0.25) is 4.79 Å². The highest BCUT2D eigenvalue weighted by Gasteiger charge is 2.55. The summed E-state index contributed by atoms with van der Waals surface area (Å²) in [5.74, 6) is -0.704. The SMILES string of the molecule is CO[C@H]1[C@H](O[C@@H]2[C@@H](O)[C@H](OCCCCCN)O[C@H](CO)[C@H]2O)O[C@@H](C)[C@@H](OC(C)=O)[C@H]1O[C@@H]1O[C@H](CO)[C@@H](O)[C@H](O)[C@H]1O. The van der Waals surface area contributed by atoms with Crippen molar-refractivity contribution < 1.29 is 78.4 Å². The van der Waals surface area contributed by atoms with Gasteiger partial charge in [0.05, 0.1) is 19.3 Å². The van der Waals surface area contributed by atoms with Crippen LogP contribution in [0.5, 0.6) is 0 Å². The Hall–Kier alpha value is -1.13. The van der Waals surface area contributed by atoms with Crippen LogP contribution in [-0.4, -0.2) is 167 Å². The van der Waals surface area contributed by atoms with Gasteiger partial charge in [0.1, 0.15) is 61.0 Å². The summed E-state index contributed by atoms with van der Waals surface area (Å²) >= 11 is 0. The van der Waals surface area contributed by atoms with Gasteiger partial charge in [-0.2, -0.15) is 0 Å². The second kappa shape index (κ2) is 17.0. The van der Waals surface area contributed by atoms with E-state index in [0.717, 1.165) is 19.8 Å². The molecule has 17 heteroatoms. The molecule has 0 radical (unpaired) electrons.